The quantitative estimate of drug-likeness (QED) is 0.0454. The maximum Gasteiger partial charge on any atom is -0.00489 e. The normalized spacial score (nSPS) is 11.2. The predicted octanol–water partition coefficient (Wildman–Crippen LogP) is 16.5. The van der Waals surface area contributed by atoms with Crippen molar-refractivity contribution in [2.45, 2.75) is 219 Å². The van der Waals surface area contributed by atoms with Crippen LogP contribution in [-0.4, -0.2) is 13.1 Å². The second-order valence-electron chi connectivity index (χ2n) is 16.7. The van der Waals surface area contributed by atoms with Gasteiger partial charge < -0.3 is 5.32 Å². The summed E-state index contributed by atoms with van der Waals surface area (Å²) in [5, 5.41) is 7.88. The molecule has 0 radical (unpaired) electrons. The van der Waals surface area contributed by atoms with E-state index in [0.717, 1.165) is 0 Å². The third-order valence-electron chi connectivity index (χ3n) is 11.5. The van der Waals surface area contributed by atoms with Crippen LogP contribution in [0.5, 0.6) is 0 Å². The summed E-state index contributed by atoms with van der Waals surface area (Å²) in [6, 6.07) is 32.3. The van der Waals surface area contributed by atoms with Crippen LogP contribution in [0.3, 0.4) is 0 Å². The van der Waals surface area contributed by atoms with Gasteiger partial charge in [0, 0.05) is 0 Å². The molecule has 0 aliphatic carbocycles. The molecule has 1 N–H and O–H groups in total. The summed E-state index contributed by atoms with van der Waals surface area (Å²) in [4.78, 5) is 0. The molecule has 3 aromatic rings. The van der Waals surface area contributed by atoms with Gasteiger partial charge in [-0.3, -0.25) is 0 Å². The van der Waals surface area contributed by atoms with Crippen LogP contribution in [0.15, 0.2) is 91.0 Å². The second kappa shape index (κ2) is 39.9. The average Bonchev–Trinajstić information content (AvgIpc) is 3.24. The molecule has 2 heteroatoms. The zero-order valence-corrected chi connectivity index (χ0v) is 38.0. The lowest BCUT2D eigenvalue weighted by molar-refractivity contribution is 0.515. The largest absolute Gasteiger partial charge is 0.317 e. The first-order valence-electron chi connectivity index (χ1n) is 24.5. The van der Waals surface area contributed by atoms with Crippen LogP contribution in [0.1, 0.15) is 219 Å². The van der Waals surface area contributed by atoms with Gasteiger partial charge in [-0.1, -0.05) is 297 Å². The molecule has 0 spiro atoms. The molecular formula is C54H90NP. The van der Waals surface area contributed by atoms with Crippen molar-refractivity contribution < 1.29 is 0 Å². The Balaban J connectivity index is 0.000000468. The smallest absolute Gasteiger partial charge is 0.00489 e. The van der Waals surface area contributed by atoms with Crippen LogP contribution in [0.25, 0.3) is 0 Å². The van der Waals surface area contributed by atoms with Gasteiger partial charge in [0.2, 0.25) is 0 Å². The summed E-state index contributed by atoms with van der Waals surface area (Å²) in [6.45, 7) is 7.11. The number of unbranched alkanes of at least 4 members (excludes halogenated alkanes) is 30. The van der Waals surface area contributed by atoms with Gasteiger partial charge >= 0.3 is 0 Å². The van der Waals surface area contributed by atoms with Crippen LogP contribution in [0.4, 0.5) is 0 Å². The van der Waals surface area contributed by atoms with E-state index in [2.05, 4.69) is 110 Å². The van der Waals surface area contributed by atoms with Crippen molar-refractivity contribution in [2.24, 2.45) is 0 Å². The summed E-state index contributed by atoms with van der Waals surface area (Å²) < 4.78 is 0. The van der Waals surface area contributed by atoms with Crippen molar-refractivity contribution in [3.05, 3.63) is 91.0 Å². The molecule has 0 aliphatic rings. The Kier molecular flexibility index (Phi) is 35.7. The molecule has 1 nitrogen and oxygen atoms in total. The highest BCUT2D eigenvalue weighted by atomic mass is 31.1. The van der Waals surface area contributed by atoms with E-state index in [0.29, 0.717) is 0 Å². The Morgan fingerprint density at radius 1 is 0.268 bits per heavy atom. The van der Waals surface area contributed by atoms with Gasteiger partial charge in [0.25, 0.3) is 0 Å². The van der Waals surface area contributed by atoms with Crippen LogP contribution in [-0.2, 0) is 0 Å². The molecule has 0 aromatic heterocycles. The summed E-state index contributed by atoms with van der Waals surface area (Å²) in [5.41, 5.74) is 0. The minimum atomic E-state index is -0.446. The van der Waals surface area contributed by atoms with Crippen molar-refractivity contribution >= 4 is 23.8 Å². The van der Waals surface area contributed by atoms with Crippen LogP contribution in [0, 0.1) is 0 Å². The van der Waals surface area contributed by atoms with Gasteiger partial charge in [-0.05, 0) is 49.8 Å². The van der Waals surface area contributed by atoms with Crippen molar-refractivity contribution in [1.29, 1.82) is 0 Å². The molecule has 0 heterocycles. The molecule has 0 saturated carbocycles. The molecule has 0 atom stereocenters. The number of rotatable bonds is 37. The van der Waals surface area contributed by atoms with E-state index >= 15 is 0 Å². The fourth-order valence-corrected chi connectivity index (χ4v) is 10.2. The van der Waals surface area contributed by atoms with E-state index in [1.54, 1.807) is 0 Å². The SMILES string of the molecule is CCCCCCCCCCCCCCCCCCNCCCCCCCCCCCCCCCCCC.c1ccc(P(c2ccccc2)c2ccccc2)cc1. The van der Waals surface area contributed by atoms with Gasteiger partial charge in [-0.2, -0.15) is 0 Å². The van der Waals surface area contributed by atoms with Gasteiger partial charge in [-0.25, -0.2) is 0 Å². The topological polar surface area (TPSA) is 12.0 Å². The highest BCUT2D eigenvalue weighted by molar-refractivity contribution is 7.79. The van der Waals surface area contributed by atoms with E-state index in [9.17, 15) is 0 Å². The highest BCUT2D eigenvalue weighted by Gasteiger charge is 2.15. The van der Waals surface area contributed by atoms with Gasteiger partial charge in [0.05, 0.1) is 0 Å². The lowest BCUT2D eigenvalue weighted by Gasteiger charge is -2.18. The Morgan fingerprint density at radius 2 is 0.464 bits per heavy atom. The number of hydrogen-bond acceptors (Lipinski definition) is 1. The fourth-order valence-electron chi connectivity index (χ4n) is 7.90. The molecule has 0 aliphatic heterocycles. The standard InChI is InChI=1S/C36H75N.C18H15P/c1-3-5-7-9-11-13-15-17-19-21-23-25-27-29-31-33-35-37-36-34-32-30-28-26-24-22-20-18-16-14-12-10-8-6-4-2;1-4-10-16(11-5-1)19(17-12-6-2-7-13-17)18-14-8-3-9-15-18/h37H,3-36H2,1-2H3;1-15H. The predicted molar refractivity (Wildman–Crippen MR) is 257 cm³/mol. The van der Waals surface area contributed by atoms with Crippen molar-refractivity contribution in [1.82, 2.24) is 5.32 Å². The molecular weight excluding hydrogens is 694 g/mol. The third kappa shape index (κ3) is 29.3. The van der Waals surface area contributed by atoms with E-state index in [1.807, 2.05) is 0 Å². The molecule has 0 saturated heterocycles. The maximum atomic E-state index is 3.68. The van der Waals surface area contributed by atoms with Crippen LogP contribution < -0.4 is 21.2 Å². The second-order valence-corrected chi connectivity index (χ2v) is 18.9. The molecule has 56 heavy (non-hydrogen) atoms. The zero-order chi connectivity index (χ0) is 39.7. The van der Waals surface area contributed by atoms with E-state index in [1.165, 1.54) is 234 Å². The zero-order valence-electron chi connectivity index (χ0n) is 37.1. The molecule has 3 aromatic carbocycles. The lowest BCUT2D eigenvalue weighted by atomic mass is 10.0. The summed E-state index contributed by atoms with van der Waals surface area (Å²) in [6.07, 6.45) is 46.7. The first-order chi connectivity index (χ1) is 27.9. The highest BCUT2D eigenvalue weighted by Crippen LogP contribution is 2.32. The molecule has 0 fully saturated rings. The summed E-state index contributed by atoms with van der Waals surface area (Å²) >= 11 is 0. The monoisotopic (exact) mass is 784 g/mol. The average molecular weight is 784 g/mol. The Hall–Kier alpha value is -1.95. The van der Waals surface area contributed by atoms with Crippen molar-refractivity contribution in [3.63, 3.8) is 0 Å². The van der Waals surface area contributed by atoms with Gasteiger partial charge in [-0.15, -0.1) is 0 Å². The van der Waals surface area contributed by atoms with Crippen molar-refractivity contribution in [2.75, 3.05) is 13.1 Å². The van der Waals surface area contributed by atoms with Gasteiger partial charge in [0.1, 0.15) is 0 Å². The Labute approximate surface area is 351 Å². The first-order valence-corrected chi connectivity index (χ1v) is 25.9. The van der Waals surface area contributed by atoms with Crippen LogP contribution >= 0.6 is 7.92 Å². The van der Waals surface area contributed by atoms with Crippen LogP contribution in [0.2, 0.25) is 0 Å². The van der Waals surface area contributed by atoms with Gasteiger partial charge in [0.15, 0.2) is 0 Å². The summed E-state index contributed by atoms with van der Waals surface area (Å²) in [7, 11) is -0.446. The van der Waals surface area contributed by atoms with E-state index < -0.39 is 7.92 Å². The minimum Gasteiger partial charge on any atom is -0.317 e. The van der Waals surface area contributed by atoms with E-state index in [-0.39, 0.29) is 0 Å². The molecule has 316 valence electrons. The van der Waals surface area contributed by atoms with Crippen molar-refractivity contribution in [3.8, 4) is 0 Å². The Morgan fingerprint density at radius 3 is 0.679 bits per heavy atom. The lowest BCUT2D eigenvalue weighted by Crippen LogP contribution is -2.20. The molecule has 0 bridgehead atoms. The number of hydrogen-bond donors (Lipinski definition) is 1. The van der Waals surface area contributed by atoms with E-state index in [4.69, 9.17) is 0 Å². The number of benzene rings is 3. The molecule has 0 amide bonds. The summed E-state index contributed by atoms with van der Waals surface area (Å²) in [5.74, 6) is 0. The Bertz CT molecular complexity index is 1040. The number of nitrogens with one attached hydrogen (secondary N) is 1. The minimum absolute atomic E-state index is 0.446. The third-order valence-corrected chi connectivity index (χ3v) is 13.9. The molecule has 3 rings (SSSR count). The molecule has 0 unspecified atom stereocenters. The first kappa shape index (κ1) is 50.2. The fraction of sp³-hybridized carbons (Fsp3) is 0.667. The maximum absolute atomic E-state index is 3.68.